The quantitative estimate of drug-likeness (QED) is 0.824. The van der Waals surface area contributed by atoms with E-state index in [1.165, 1.54) is 11.0 Å². The first-order valence-electron chi connectivity index (χ1n) is 6.50. The first-order valence-corrected chi connectivity index (χ1v) is 6.50. The van der Waals surface area contributed by atoms with Crippen molar-refractivity contribution in [2.45, 2.75) is 19.1 Å². The topological polar surface area (TPSA) is 20.3 Å². The number of anilines is 1. The van der Waals surface area contributed by atoms with Crippen LogP contribution >= 0.6 is 0 Å². The molecule has 1 amide bonds. The minimum absolute atomic E-state index is 0.0749. The van der Waals surface area contributed by atoms with E-state index >= 15 is 0 Å². The summed E-state index contributed by atoms with van der Waals surface area (Å²) in [5.74, 6) is -0.300. The van der Waals surface area contributed by atoms with E-state index in [1.807, 2.05) is 30.3 Å². The highest BCUT2D eigenvalue weighted by Gasteiger charge is 2.39. The molecule has 0 N–H and O–H groups in total. The zero-order valence-electron chi connectivity index (χ0n) is 11.0. The third-order valence-corrected chi connectivity index (χ3v) is 3.56. The summed E-state index contributed by atoms with van der Waals surface area (Å²) in [5, 5.41) is 0. The molecule has 21 heavy (non-hydrogen) atoms. The molecule has 0 unspecified atom stereocenters. The van der Waals surface area contributed by atoms with E-state index < -0.39 is 11.7 Å². The van der Waals surface area contributed by atoms with E-state index in [0.29, 0.717) is 5.69 Å². The van der Waals surface area contributed by atoms with Crippen LogP contribution in [0.15, 0.2) is 48.5 Å². The molecule has 3 rings (SSSR count). The molecule has 1 aliphatic heterocycles. The third-order valence-electron chi connectivity index (χ3n) is 3.56. The second-order valence-corrected chi connectivity index (χ2v) is 4.94. The summed E-state index contributed by atoms with van der Waals surface area (Å²) in [6.45, 7) is 0.286. The van der Waals surface area contributed by atoms with Gasteiger partial charge in [0, 0.05) is 5.69 Å². The summed E-state index contributed by atoms with van der Waals surface area (Å²) in [5.41, 5.74) is 0.602. The Kier molecular flexibility index (Phi) is 3.20. The molecule has 2 aromatic rings. The van der Waals surface area contributed by atoms with E-state index in [-0.39, 0.29) is 24.4 Å². The maximum absolute atomic E-state index is 13.0. The number of amides is 1. The average Bonchev–Trinajstić information content (AvgIpc) is 2.75. The van der Waals surface area contributed by atoms with E-state index in [4.69, 9.17) is 0 Å². The Morgan fingerprint density at radius 2 is 1.71 bits per heavy atom. The van der Waals surface area contributed by atoms with Gasteiger partial charge in [0.15, 0.2) is 0 Å². The number of hydrogen-bond acceptors (Lipinski definition) is 1. The van der Waals surface area contributed by atoms with E-state index in [2.05, 4.69) is 0 Å². The number of hydrogen-bond donors (Lipinski definition) is 0. The molecule has 5 heteroatoms. The lowest BCUT2D eigenvalue weighted by Crippen LogP contribution is -2.25. The number of carbonyl (C=O) groups is 1. The Morgan fingerprint density at radius 1 is 1.00 bits per heavy atom. The largest absolute Gasteiger partial charge is 0.416 e. The van der Waals surface area contributed by atoms with Gasteiger partial charge in [0.25, 0.3) is 0 Å². The molecule has 2 aromatic carbocycles. The first-order chi connectivity index (χ1) is 9.97. The Hall–Kier alpha value is -2.30. The van der Waals surface area contributed by atoms with Gasteiger partial charge >= 0.3 is 6.18 Å². The van der Waals surface area contributed by atoms with Crippen LogP contribution < -0.4 is 4.90 Å². The zero-order valence-corrected chi connectivity index (χ0v) is 11.0. The fraction of sp³-hybridized carbons (Fsp3) is 0.188. The molecule has 1 aliphatic rings. The van der Waals surface area contributed by atoms with Crippen molar-refractivity contribution in [3.8, 4) is 0 Å². The number of benzene rings is 2. The average molecular weight is 291 g/mol. The molecule has 0 fully saturated rings. The van der Waals surface area contributed by atoms with Crippen molar-refractivity contribution < 1.29 is 18.0 Å². The standard InChI is InChI=1S/C16H12F3NO/c17-16(18,19)13-7-4-8-14-12(13)9-15(21)20(14)10-11-5-2-1-3-6-11/h1-8H,9-10H2. The van der Waals surface area contributed by atoms with Crippen LogP contribution in [0.2, 0.25) is 0 Å². The second kappa shape index (κ2) is 4.91. The smallest absolute Gasteiger partial charge is 0.307 e. The molecular formula is C16H12F3NO. The Bertz CT molecular complexity index is 680. The van der Waals surface area contributed by atoms with Gasteiger partial charge in [0.2, 0.25) is 5.91 Å². The van der Waals surface area contributed by atoms with E-state index in [0.717, 1.165) is 11.6 Å². The summed E-state index contributed by atoms with van der Waals surface area (Å²) in [6.07, 6.45) is -4.63. The molecule has 0 aromatic heterocycles. The molecule has 0 saturated carbocycles. The summed E-state index contributed by atoms with van der Waals surface area (Å²) in [6, 6.07) is 13.2. The highest BCUT2D eigenvalue weighted by molar-refractivity contribution is 6.01. The molecule has 0 spiro atoms. The van der Waals surface area contributed by atoms with Crippen LogP contribution in [-0.4, -0.2) is 5.91 Å². The summed E-state index contributed by atoms with van der Waals surface area (Å²) in [4.78, 5) is 13.5. The number of halogens is 3. The van der Waals surface area contributed by atoms with Crippen molar-refractivity contribution in [1.82, 2.24) is 0 Å². The SMILES string of the molecule is O=C1Cc2c(cccc2C(F)(F)F)N1Cc1ccccc1. The monoisotopic (exact) mass is 291 g/mol. The fourth-order valence-electron chi connectivity index (χ4n) is 2.60. The minimum Gasteiger partial charge on any atom is -0.307 e. The van der Waals surface area contributed by atoms with Gasteiger partial charge in [-0.3, -0.25) is 4.79 Å². The summed E-state index contributed by atoms with van der Waals surface area (Å²) >= 11 is 0. The number of carbonyl (C=O) groups excluding carboxylic acids is 1. The maximum atomic E-state index is 13.0. The van der Waals surface area contributed by atoms with Gasteiger partial charge in [-0.1, -0.05) is 36.4 Å². The van der Waals surface area contributed by atoms with Crippen LogP contribution in [0.5, 0.6) is 0 Å². The molecule has 108 valence electrons. The lowest BCUT2D eigenvalue weighted by molar-refractivity contribution is -0.138. The van der Waals surface area contributed by atoms with Crippen LogP contribution in [0.3, 0.4) is 0 Å². The molecule has 2 nitrogen and oxygen atoms in total. The Morgan fingerprint density at radius 3 is 2.38 bits per heavy atom. The molecule has 0 atom stereocenters. The first kappa shape index (κ1) is 13.7. The van der Waals surface area contributed by atoms with Gasteiger partial charge in [-0.2, -0.15) is 13.2 Å². The predicted octanol–water partition coefficient (Wildman–Crippen LogP) is 3.79. The minimum atomic E-state index is -4.44. The van der Waals surface area contributed by atoms with Crippen LogP contribution in [0.1, 0.15) is 16.7 Å². The number of nitrogens with zero attached hydrogens (tertiary/aromatic N) is 1. The van der Waals surface area contributed by atoms with Gasteiger partial charge in [0.05, 0.1) is 18.5 Å². The molecule has 0 bridgehead atoms. The van der Waals surface area contributed by atoms with Crippen molar-refractivity contribution in [3.63, 3.8) is 0 Å². The predicted molar refractivity (Wildman–Crippen MR) is 72.8 cm³/mol. The Balaban J connectivity index is 1.99. The summed E-state index contributed by atoms with van der Waals surface area (Å²) in [7, 11) is 0. The fourth-order valence-corrected chi connectivity index (χ4v) is 2.60. The molecule has 0 aliphatic carbocycles. The lowest BCUT2D eigenvalue weighted by atomic mass is 10.0. The van der Waals surface area contributed by atoms with Gasteiger partial charge < -0.3 is 4.90 Å². The number of rotatable bonds is 2. The molecule has 0 radical (unpaired) electrons. The zero-order chi connectivity index (χ0) is 15.0. The van der Waals surface area contributed by atoms with E-state index in [9.17, 15) is 18.0 Å². The van der Waals surface area contributed by atoms with Gasteiger partial charge in [0.1, 0.15) is 0 Å². The van der Waals surface area contributed by atoms with Crippen LogP contribution in [0.25, 0.3) is 0 Å². The molecule has 1 heterocycles. The molecular weight excluding hydrogens is 279 g/mol. The van der Waals surface area contributed by atoms with Crippen LogP contribution in [-0.2, 0) is 23.9 Å². The van der Waals surface area contributed by atoms with Crippen LogP contribution in [0, 0.1) is 0 Å². The van der Waals surface area contributed by atoms with Crippen molar-refractivity contribution >= 4 is 11.6 Å². The van der Waals surface area contributed by atoms with Crippen molar-refractivity contribution in [2.24, 2.45) is 0 Å². The lowest BCUT2D eigenvalue weighted by Gasteiger charge is -2.18. The highest BCUT2D eigenvalue weighted by atomic mass is 19.4. The van der Waals surface area contributed by atoms with Gasteiger partial charge in [-0.05, 0) is 23.3 Å². The summed E-state index contributed by atoms with van der Waals surface area (Å²) < 4.78 is 39.0. The normalized spacial score (nSPS) is 14.4. The van der Waals surface area contributed by atoms with Crippen molar-refractivity contribution in [2.75, 3.05) is 4.90 Å². The number of fused-ring (bicyclic) bond motifs is 1. The number of alkyl halides is 3. The maximum Gasteiger partial charge on any atom is 0.416 e. The van der Waals surface area contributed by atoms with Gasteiger partial charge in [-0.25, -0.2) is 0 Å². The van der Waals surface area contributed by atoms with Crippen molar-refractivity contribution in [3.05, 3.63) is 65.2 Å². The van der Waals surface area contributed by atoms with Crippen LogP contribution in [0.4, 0.5) is 18.9 Å². The molecule has 0 saturated heterocycles. The van der Waals surface area contributed by atoms with Crippen molar-refractivity contribution in [1.29, 1.82) is 0 Å². The van der Waals surface area contributed by atoms with Gasteiger partial charge in [-0.15, -0.1) is 0 Å². The second-order valence-electron chi connectivity index (χ2n) is 4.94. The van der Waals surface area contributed by atoms with E-state index in [1.54, 1.807) is 6.07 Å². The highest BCUT2D eigenvalue weighted by Crippen LogP contribution is 2.40. The Labute approximate surface area is 119 Å². The third kappa shape index (κ3) is 2.51.